The van der Waals surface area contributed by atoms with E-state index >= 15 is 0 Å². The lowest BCUT2D eigenvalue weighted by Crippen LogP contribution is -2.23. The van der Waals surface area contributed by atoms with Crippen molar-refractivity contribution in [1.29, 1.82) is 0 Å². The summed E-state index contributed by atoms with van der Waals surface area (Å²) in [5.74, 6) is 3.88. The van der Waals surface area contributed by atoms with E-state index in [1.54, 1.807) is 0 Å². The van der Waals surface area contributed by atoms with E-state index in [1.807, 2.05) is 24.0 Å². The molecule has 0 bridgehead atoms. The van der Waals surface area contributed by atoms with Crippen molar-refractivity contribution in [1.82, 2.24) is 19.7 Å². The van der Waals surface area contributed by atoms with E-state index in [-0.39, 0.29) is 12.0 Å². The summed E-state index contributed by atoms with van der Waals surface area (Å²) in [4.78, 5) is 4.47. The molecule has 0 N–H and O–H groups in total. The summed E-state index contributed by atoms with van der Waals surface area (Å²) in [6.45, 7) is 0.752. The largest absolute Gasteiger partial charge is 0.421 e. The van der Waals surface area contributed by atoms with E-state index < -0.39 is 0 Å². The molecule has 3 aliphatic rings. The first-order valence-corrected chi connectivity index (χ1v) is 9.43. The molecule has 3 fully saturated rings. The molecular weight excluding hydrogens is 316 g/mol. The van der Waals surface area contributed by atoms with Gasteiger partial charge in [0.2, 0.25) is 11.8 Å². The third kappa shape index (κ3) is 3.03. The molecule has 132 valence electrons. The summed E-state index contributed by atoms with van der Waals surface area (Å²) in [6, 6.07) is 0. The van der Waals surface area contributed by atoms with Crippen molar-refractivity contribution in [3.63, 3.8) is 0 Å². The number of rotatable bonds is 5. The maximum Gasteiger partial charge on any atom is 0.240 e. The molecule has 0 unspecified atom stereocenters. The SMILES string of the molecule is Cn1ccnc1[C@@H]1OCCC[C@H]1c1nnc(C=C(C2CC2)C2CC2)o1. The molecule has 0 aromatic carbocycles. The highest BCUT2D eigenvalue weighted by Crippen LogP contribution is 2.49. The zero-order valence-electron chi connectivity index (χ0n) is 14.6. The molecule has 2 atom stereocenters. The van der Waals surface area contributed by atoms with Crippen molar-refractivity contribution in [2.45, 2.75) is 50.5 Å². The minimum absolute atomic E-state index is 0.0785. The van der Waals surface area contributed by atoms with Crippen molar-refractivity contribution in [3.8, 4) is 0 Å². The first-order chi connectivity index (χ1) is 12.3. The van der Waals surface area contributed by atoms with E-state index in [0.29, 0.717) is 11.8 Å². The third-order valence-electron chi connectivity index (χ3n) is 5.60. The fourth-order valence-corrected chi connectivity index (χ4v) is 3.94. The van der Waals surface area contributed by atoms with Crippen LogP contribution in [0.5, 0.6) is 0 Å². The zero-order valence-corrected chi connectivity index (χ0v) is 14.6. The summed E-state index contributed by atoms with van der Waals surface area (Å²) < 4.78 is 14.1. The van der Waals surface area contributed by atoms with Crippen molar-refractivity contribution in [2.75, 3.05) is 6.61 Å². The average Bonchev–Trinajstić information content (AvgIpc) is 3.56. The Kier molecular flexibility index (Phi) is 3.73. The number of imidazole rings is 1. The second-order valence-electron chi connectivity index (χ2n) is 7.61. The molecule has 2 aromatic heterocycles. The highest BCUT2D eigenvalue weighted by Gasteiger charge is 2.38. The van der Waals surface area contributed by atoms with Gasteiger partial charge in [0, 0.05) is 32.1 Å². The molecule has 25 heavy (non-hydrogen) atoms. The first kappa shape index (κ1) is 15.3. The lowest BCUT2D eigenvalue weighted by molar-refractivity contribution is -0.0157. The van der Waals surface area contributed by atoms with Crippen molar-refractivity contribution >= 4 is 6.08 Å². The topological polar surface area (TPSA) is 66.0 Å². The minimum Gasteiger partial charge on any atom is -0.421 e. The molecule has 1 saturated heterocycles. The number of hydrogen-bond donors (Lipinski definition) is 0. The molecule has 0 spiro atoms. The Morgan fingerprint density at radius 1 is 1.16 bits per heavy atom. The smallest absolute Gasteiger partial charge is 0.240 e. The van der Waals surface area contributed by atoms with Gasteiger partial charge in [0.1, 0.15) is 11.9 Å². The quantitative estimate of drug-likeness (QED) is 0.831. The normalized spacial score (nSPS) is 26.6. The Hall–Kier alpha value is -1.95. The van der Waals surface area contributed by atoms with Crippen molar-refractivity contribution in [3.05, 3.63) is 35.6 Å². The standard InChI is InChI=1S/C19H24N4O2/c1-23-9-8-20-18(23)17-14(3-2-10-24-17)19-22-21-16(25-19)11-15(12-4-5-12)13-6-7-13/h8-9,11-14,17H,2-7,10H2,1H3/t14-,17-/m1/s1. The maximum absolute atomic E-state index is 6.06. The molecule has 6 nitrogen and oxygen atoms in total. The molecule has 0 radical (unpaired) electrons. The molecule has 2 saturated carbocycles. The van der Waals surface area contributed by atoms with Crippen LogP contribution in [0.4, 0.5) is 0 Å². The third-order valence-corrected chi connectivity index (χ3v) is 5.60. The van der Waals surface area contributed by atoms with Gasteiger partial charge < -0.3 is 13.7 Å². The Labute approximate surface area is 147 Å². The van der Waals surface area contributed by atoms with Crippen molar-refractivity contribution < 1.29 is 9.15 Å². The fourth-order valence-electron chi connectivity index (χ4n) is 3.94. The molecule has 6 heteroatoms. The number of nitrogens with zero attached hydrogens (tertiary/aromatic N) is 4. The minimum atomic E-state index is -0.114. The van der Waals surface area contributed by atoms with Crippen LogP contribution in [0.25, 0.3) is 6.08 Å². The van der Waals surface area contributed by atoms with Crippen LogP contribution < -0.4 is 0 Å². The van der Waals surface area contributed by atoms with E-state index in [0.717, 1.165) is 37.1 Å². The molecule has 3 heterocycles. The van der Waals surface area contributed by atoms with Crippen LogP contribution in [-0.4, -0.2) is 26.4 Å². The summed E-state index contributed by atoms with van der Waals surface area (Å²) >= 11 is 0. The van der Waals surface area contributed by atoms with Gasteiger partial charge in [0.25, 0.3) is 0 Å². The van der Waals surface area contributed by atoms with Crippen LogP contribution in [0, 0.1) is 11.8 Å². The predicted molar refractivity (Wildman–Crippen MR) is 91.6 cm³/mol. The van der Waals surface area contributed by atoms with E-state index in [2.05, 4.69) is 21.3 Å². The van der Waals surface area contributed by atoms with Gasteiger partial charge in [-0.1, -0.05) is 5.57 Å². The monoisotopic (exact) mass is 340 g/mol. The van der Waals surface area contributed by atoms with Crippen LogP contribution in [0.2, 0.25) is 0 Å². The van der Waals surface area contributed by atoms with Gasteiger partial charge in [-0.25, -0.2) is 4.98 Å². The second-order valence-corrected chi connectivity index (χ2v) is 7.61. The number of aryl methyl sites for hydroxylation is 1. The first-order valence-electron chi connectivity index (χ1n) is 9.43. The summed E-state index contributed by atoms with van der Waals surface area (Å²) in [7, 11) is 2.00. The summed E-state index contributed by atoms with van der Waals surface area (Å²) in [5, 5.41) is 8.68. The zero-order chi connectivity index (χ0) is 16.8. The molecule has 1 aliphatic heterocycles. The highest BCUT2D eigenvalue weighted by molar-refractivity contribution is 5.47. The lowest BCUT2D eigenvalue weighted by atomic mass is 9.93. The van der Waals surface area contributed by atoms with Gasteiger partial charge >= 0.3 is 0 Å². The molecule has 5 rings (SSSR count). The highest BCUT2D eigenvalue weighted by atomic mass is 16.5. The lowest BCUT2D eigenvalue weighted by Gasteiger charge is -2.28. The fraction of sp³-hybridized carbons (Fsp3) is 0.632. The Bertz CT molecular complexity index is 771. The number of ether oxygens (including phenoxy) is 1. The van der Waals surface area contributed by atoms with Gasteiger partial charge in [-0.15, -0.1) is 10.2 Å². The van der Waals surface area contributed by atoms with Crippen LogP contribution in [-0.2, 0) is 11.8 Å². The Morgan fingerprint density at radius 2 is 1.96 bits per heavy atom. The summed E-state index contributed by atoms with van der Waals surface area (Å²) in [6.07, 6.45) is 13.1. The average molecular weight is 340 g/mol. The molecular formula is C19H24N4O2. The summed E-state index contributed by atoms with van der Waals surface area (Å²) in [5.41, 5.74) is 1.54. The predicted octanol–water partition coefficient (Wildman–Crippen LogP) is 3.64. The maximum atomic E-state index is 6.06. The van der Waals surface area contributed by atoms with Gasteiger partial charge in [-0.2, -0.15) is 0 Å². The van der Waals surface area contributed by atoms with Crippen LogP contribution in [0.1, 0.15) is 68.2 Å². The number of aromatic nitrogens is 4. The van der Waals surface area contributed by atoms with Crippen LogP contribution >= 0.6 is 0 Å². The Balaban J connectivity index is 1.41. The van der Waals surface area contributed by atoms with Gasteiger partial charge in [0.05, 0.1) is 5.92 Å². The number of allylic oxidation sites excluding steroid dienone is 1. The molecule has 2 aromatic rings. The van der Waals surface area contributed by atoms with Crippen LogP contribution in [0.3, 0.4) is 0 Å². The number of hydrogen-bond acceptors (Lipinski definition) is 5. The second kappa shape index (κ2) is 6.09. The van der Waals surface area contributed by atoms with Gasteiger partial charge in [0.15, 0.2) is 0 Å². The van der Waals surface area contributed by atoms with E-state index in [4.69, 9.17) is 9.15 Å². The van der Waals surface area contributed by atoms with Crippen molar-refractivity contribution in [2.24, 2.45) is 18.9 Å². The van der Waals surface area contributed by atoms with Crippen LogP contribution in [0.15, 0.2) is 22.4 Å². The van der Waals surface area contributed by atoms with Gasteiger partial charge in [-0.05, 0) is 50.4 Å². The molecule has 0 amide bonds. The van der Waals surface area contributed by atoms with E-state index in [9.17, 15) is 0 Å². The van der Waals surface area contributed by atoms with Gasteiger partial charge in [-0.3, -0.25) is 0 Å². The molecule has 2 aliphatic carbocycles. The van der Waals surface area contributed by atoms with E-state index in [1.165, 1.54) is 31.3 Å². The Morgan fingerprint density at radius 3 is 2.64 bits per heavy atom.